The molecule has 0 amide bonds. The first-order chi connectivity index (χ1) is 18.5. The molecule has 0 bridgehead atoms. The summed E-state index contributed by atoms with van der Waals surface area (Å²) < 4.78 is 14.6. The number of H-pyrrole nitrogens is 2. The number of hydrogen-bond acceptors (Lipinski definition) is 5. The Morgan fingerprint density at radius 2 is 2.03 bits per heavy atom. The molecule has 5 rings (SSSR count). The summed E-state index contributed by atoms with van der Waals surface area (Å²) in [6.45, 7) is 3.50. The fraction of sp³-hybridized carbons (Fsp3) is 0.167. The third-order valence-corrected chi connectivity index (χ3v) is 6.29. The summed E-state index contributed by atoms with van der Waals surface area (Å²) in [6.07, 6.45) is 14.4. The van der Waals surface area contributed by atoms with Crippen molar-refractivity contribution in [2.24, 2.45) is 0 Å². The minimum absolute atomic E-state index is 0.318. The molecule has 3 N–H and O–H groups in total. The molecule has 0 saturated heterocycles. The summed E-state index contributed by atoms with van der Waals surface area (Å²) in [5.41, 5.74) is 7.13. The van der Waals surface area contributed by atoms with Crippen molar-refractivity contribution in [2.75, 3.05) is 32.5 Å². The van der Waals surface area contributed by atoms with Gasteiger partial charge in [0.15, 0.2) is 5.65 Å². The molecular formula is C30H28FN7. The van der Waals surface area contributed by atoms with Crippen molar-refractivity contribution in [1.29, 1.82) is 0 Å². The highest BCUT2D eigenvalue weighted by Gasteiger charge is 2.16. The average molecular weight is 506 g/mol. The summed E-state index contributed by atoms with van der Waals surface area (Å²) in [5.74, 6) is 2.21. The third-order valence-electron chi connectivity index (χ3n) is 6.29. The third kappa shape index (κ3) is 5.05. The summed E-state index contributed by atoms with van der Waals surface area (Å²) in [4.78, 5) is 14.7. The second-order valence-electron chi connectivity index (χ2n) is 9.20. The summed E-state index contributed by atoms with van der Waals surface area (Å²) in [7, 11) is 4.00. The van der Waals surface area contributed by atoms with Crippen LogP contribution in [0.2, 0.25) is 0 Å². The molecule has 1 aromatic carbocycles. The maximum atomic E-state index is 14.6. The largest absolute Gasteiger partial charge is 0.384 e. The molecule has 0 atom stereocenters. The average Bonchev–Trinajstić information content (AvgIpc) is 3.52. The first kappa shape index (κ1) is 24.9. The molecule has 190 valence electrons. The van der Waals surface area contributed by atoms with Crippen molar-refractivity contribution in [1.82, 2.24) is 30.0 Å². The number of pyridine rings is 2. The number of likely N-dealkylation sites (N-methyl/N-ethyl adjacent to an activating group) is 1. The highest BCUT2D eigenvalue weighted by molar-refractivity contribution is 6.00. The molecule has 0 unspecified atom stereocenters. The maximum Gasteiger partial charge on any atom is 0.181 e. The molecule has 4 aromatic heterocycles. The van der Waals surface area contributed by atoms with Crippen LogP contribution in [0, 0.1) is 18.2 Å². The Labute approximate surface area is 220 Å². The quantitative estimate of drug-likeness (QED) is 0.181. The van der Waals surface area contributed by atoms with Crippen LogP contribution >= 0.6 is 0 Å². The van der Waals surface area contributed by atoms with Gasteiger partial charge in [0.05, 0.1) is 17.1 Å². The smallest absolute Gasteiger partial charge is 0.181 e. The van der Waals surface area contributed by atoms with Crippen molar-refractivity contribution < 1.29 is 4.39 Å². The van der Waals surface area contributed by atoms with E-state index in [1.54, 1.807) is 18.5 Å². The molecule has 7 nitrogen and oxygen atoms in total. The highest BCUT2D eigenvalue weighted by atomic mass is 19.1. The molecule has 0 aliphatic heterocycles. The molecule has 8 heteroatoms. The monoisotopic (exact) mass is 505 g/mol. The molecule has 0 radical (unpaired) electrons. The van der Waals surface area contributed by atoms with E-state index in [9.17, 15) is 4.39 Å². The number of aromatic nitrogens is 5. The number of nitrogens with one attached hydrogen (secondary N) is 3. The van der Waals surface area contributed by atoms with Gasteiger partial charge in [-0.05, 0) is 75.1 Å². The van der Waals surface area contributed by atoms with Crippen LogP contribution in [-0.2, 0) is 0 Å². The van der Waals surface area contributed by atoms with Gasteiger partial charge in [-0.15, -0.1) is 6.42 Å². The lowest BCUT2D eigenvalue weighted by Gasteiger charge is -2.12. The van der Waals surface area contributed by atoms with Crippen molar-refractivity contribution >= 4 is 33.2 Å². The van der Waals surface area contributed by atoms with Gasteiger partial charge in [0.1, 0.15) is 5.82 Å². The molecular weight excluding hydrogens is 477 g/mol. The fourth-order valence-corrected chi connectivity index (χ4v) is 4.43. The molecule has 0 aliphatic carbocycles. The van der Waals surface area contributed by atoms with Crippen molar-refractivity contribution in [3.05, 3.63) is 78.4 Å². The van der Waals surface area contributed by atoms with Crippen molar-refractivity contribution in [3.63, 3.8) is 0 Å². The van der Waals surface area contributed by atoms with Crippen molar-refractivity contribution in [3.8, 4) is 35.0 Å². The van der Waals surface area contributed by atoms with Gasteiger partial charge in [-0.2, -0.15) is 5.10 Å². The van der Waals surface area contributed by atoms with E-state index in [1.807, 2.05) is 57.4 Å². The summed E-state index contributed by atoms with van der Waals surface area (Å²) >= 11 is 0. The Balaban J connectivity index is 1.55. The van der Waals surface area contributed by atoms with Crippen LogP contribution in [-0.4, -0.2) is 57.2 Å². The molecule has 0 fully saturated rings. The number of allylic oxidation sites excluding steroid dienone is 4. The second kappa shape index (κ2) is 10.7. The first-order valence-corrected chi connectivity index (χ1v) is 12.3. The highest BCUT2D eigenvalue weighted by Crippen LogP contribution is 2.34. The van der Waals surface area contributed by atoms with E-state index in [4.69, 9.17) is 6.42 Å². The van der Waals surface area contributed by atoms with E-state index in [0.29, 0.717) is 29.1 Å². The zero-order chi connectivity index (χ0) is 26.6. The van der Waals surface area contributed by atoms with Crippen LogP contribution < -0.4 is 5.32 Å². The van der Waals surface area contributed by atoms with E-state index in [1.165, 1.54) is 12.1 Å². The van der Waals surface area contributed by atoms with E-state index >= 15 is 0 Å². The van der Waals surface area contributed by atoms with Crippen LogP contribution in [0.4, 0.5) is 10.1 Å². The van der Waals surface area contributed by atoms with Crippen molar-refractivity contribution in [2.45, 2.75) is 6.92 Å². The van der Waals surface area contributed by atoms with Crippen LogP contribution in [0.15, 0.2) is 67.0 Å². The van der Waals surface area contributed by atoms with E-state index < -0.39 is 0 Å². The molecule has 38 heavy (non-hydrogen) atoms. The first-order valence-electron chi connectivity index (χ1n) is 12.3. The number of rotatable bonds is 8. The molecule has 0 saturated carbocycles. The Bertz CT molecular complexity index is 1720. The summed E-state index contributed by atoms with van der Waals surface area (Å²) in [5, 5.41) is 12.6. The van der Waals surface area contributed by atoms with Gasteiger partial charge in [-0.25, -0.2) is 9.37 Å². The van der Waals surface area contributed by atoms with E-state index in [0.717, 1.165) is 45.4 Å². The number of fused-ring (bicyclic) bond motifs is 2. The van der Waals surface area contributed by atoms with Crippen LogP contribution in [0.25, 0.3) is 50.2 Å². The van der Waals surface area contributed by atoms with E-state index in [-0.39, 0.29) is 5.82 Å². The predicted molar refractivity (Wildman–Crippen MR) is 153 cm³/mol. The second-order valence-corrected chi connectivity index (χ2v) is 9.20. The maximum absolute atomic E-state index is 14.6. The zero-order valence-electron chi connectivity index (χ0n) is 21.5. The number of halogens is 1. The van der Waals surface area contributed by atoms with Gasteiger partial charge in [0, 0.05) is 58.6 Å². The van der Waals surface area contributed by atoms with Gasteiger partial charge >= 0.3 is 0 Å². The standard InChI is InChI=1S/C30H28FN7/c1-5-7-8-19(6-2)21-15-25-29(36-37-30(25)34-18-21)27-17-24-26(35-27)9-10-33-28(24)20-13-22(31)16-23(14-20)32-11-12-38(3)4/h1,6-10,13-18,32,35H,11-12H2,2-4H3,(H,34,36,37)/b8-7-,19-6+. The number of anilines is 1. The summed E-state index contributed by atoms with van der Waals surface area (Å²) in [6, 6.07) is 10.9. The number of hydrogen-bond donors (Lipinski definition) is 3. The molecule has 5 aromatic rings. The van der Waals surface area contributed by atoms with Gasteiger partial charge in [-0.3, -0.25) is 10.1 Å². The Hall–Kier alpha value is -4.74. The minimum Gasteiger partial charge on any atom is -0.384 e. The van der Waals surface area contributed by atoms with Gasteiger partial charge in [0.2, 0.25) is 0 Å². The number of benzene rings is 1. The Morgan fingerprint density at radius 3 is 2.82 bits per heavy atom. The van der Waals surface area contributed by atoms with Crippen LogP contribution in [0.3, 0.4) is 0 Å². The molecule has 0 spiro atoms. The number of nitrogens with zero attached hydrogens (tertiary/aromatic N) is 4. The van der Waals surface area contributed by atoms with Crippen LogP contribution in [0.1, 0.15) is 12.5 Å². The topological polar surface area (TPSA) is 85.5 Å². The number of aromatic amines is 2. The lowest BCUT2D eigenvalue weighted by Crippen LogP contribution is -2.20. The lowest BCUT2D eigenvalue weighted by molar-refractivity contribution is 0.425. The van der Waals surface area contributed by atoms with Crippen LogP contribution in [0.5, 0.6) is 0 Å². The Morgan fingerprint density at radius 1 is 1.16 bits per heavy atom. The molecule has 0 aliphatic rings. The van der Waals surface area contributed by atoms with Gasteiger partial charge in [-0.1, -0.05) is 12.0 Å². The van der Waals surface area contributed by atoms with Gasteiger partial charge < -0.3 is 15.2 Å². The predicted octanol–water partition coefficient (Wildman–Crippen LogP) is 5.87. The fourth-order valence-electron chi connectivity index (χ4n) is 4.43. The van der Waals surface area contributed by atoms with Gasteiger partial charge in [0.25, 0.3) is 0 Å². The Kier molecular flexibility index (Phi) is 7.03. The minimum atomic E-state index is -0.318. The lowest BCUT2D eigenvalue weighted by atomic mass is 10.0. The zero-order valence-corrected chi connectivity index (χ0v) is 21.5. The SMILES string of the molecule is C#C/C=C\C(=C/C)c1cnc2n[nH]c(-c3cc4c(-c5cc(F)cc(NCCN(C)C)c5)nccc4[nH]3)c2c1. The van der Waals surface area contributed by atoms with E-state index in [2.05, 4.69) is 41.3 Å². The molecule has 4 heterocycles. The number of terminal acetylenes is 1. The normalized spacial score (nSPS) is 12.2.